The number of pyridine rings is 1. The van der Waals surface area contributed by atoms with Crippen LogP contribution in [0.25, 0.3) is 10.9 Å². The van der Waals surface area contributed by atoms with Crippen LogP contribution in [0.2, 0.25) is 0 Å². The van der Waals surface area contributed by atoms with Crippen LogP contribution in [0.3, 0.4) is 0 Å². The van der Waals surface area contributed by atoms with Crippen LogP contribution in [0.15, 0.2) is 65.9 Å². The minimum absolute atomic E-state index is 0.797. The predicted molar refractivity (Wildman–Crippen MR) is 86.0 cm³/mol. The summed E-state index contributed by atoms with van der Waals surface area (Å²) in [5.74, 6) is 0.797. The minimum atomic E-state index is 0.797. The molecule has 1 aromatic heterocycles. The van der Waals surface area contributed by atoms with Crippen molar-refractivity contribution in [3.8, 4) is 5.75 Å². The van der Waals surface area contributed by atoms with Gasteiger partial charge in [0.2, 0.25) is 0 Å². The standard InChI is InChI=1S/C17H15N3O/c1-21-14-7-8-16-15(11-14)17(9-10-18-16)20-19-12-13-5-3-2-4-6-13/h2-12H,1H3,(H,18,20)/b19-12+. The second kappa shape index (κ2) is 6.05. The Balaban J connectivity index is 1.88. The number of fused-ring (bicyclic) bond motifs is 1. The van der Waals surface area contributed by atoms with Gasteiger partial charge in [0.1, 0.15) is 5.75 Å². The predicted octanol–water partition coefficient (Wildman–Crippen LogP) is 3.69. The van der Waals surface area contributed by atoms with E-state index in [9.17, 15) is 0 Å². The lowest BCUT2D eigenvalue weighted by molar-refractivity contribution is 0.415. The first-order valence-corrected chi connectivity index (χ1v) is 6.64. The summed E-state index contributed by atoms with van der Waals surface area (Å²) in [5.41, 5.74) is 5.90. The van der Waals surface area contributed by atoms with Crippen LogP contribution in [0.4, 0.5) is 5.69 Å². The molecular weight excluding hydrogens is 262 g/mol. The molecule has 0 aliphatic carbocycles. The van der Waals surface area contributed by atoms with E-state index in [1.807, 2.05) is 54.6 Å². The van der Waals surface area contributed by atoms with Crippen molar-refractivity contribution in [2.45, 2.75) is 0 Å². The third-order valence-corrected chi connectivity index (χ3v) is 3.15. The highest BCUT2D eigenvalue weighted by molar-refractivity contribution is 5.92. The summed E-state index contributed by atoms with van der Waals surface area (Å²) in [4.78, 5) is 4.34. The number of nitrogens with zero attached hydrogens (tertiary/aromatic N) is 2. The number of methoxy groups -OCH3 is 1. The maximum Gasteiger partial charge on any atom is 0.119 e. The lowest BCUT2D eigenvalue weighted by atomic mass is 10.2. The summed E-state index contributed by atoms with van der Waals surface area (Å²) in [6, 6.07) is 17.6. The fourth-order valence-electron chi connectivity index (χ4n) is 2.07. The molecule has 0 amide bonds. The molecule has 0 saturated heterocycles. The normalized spacial score (nSPS) is 10.9. The van der Waals surface area contributed by atoms with Gasteiger partial charge in [0, 0.05) is 11.6 Å². The molecule has 21 heavy (non-hydrogen) atoms. The van der Waals surface area contributed by atoms with Gasteiger partial charge in [0.15, 0.2) is 0 Å². The maximum atomic E-state index is 5.26. The van der Waals surface area contributed by atoms with E-state index in [0.717, 1.165) is 27.9 Å². The van der Waals surface area contributed by atoms with Gasteiger partial charge in [-0.25, -0.2) is 0 Å². The Morgan fingerprint density at radius 2 is 1.95 bits per heavy atom. The second-order valence-electron chi connectivity index (χ2n) is 4.52. The van der Waals surface area contributed by atoms with Crippen molar-refractivity contribution >= 4 is 22.8 Å². The van der Waals surface area contributed by atoms with E-state index in [0.29, 0.717) is 0 Å². The molecule has 0 aliphatic rings. The van der Waals surface area contributed by atoms with E-state index < -0.39 is 0 Å². The molecule has 0 unspecified atom stereocenters. The van der Waals surface area contributed by atoms with Crippen LogP contribution in [0.5, 0.6) is 5.75 Å². The molecule has 3 rings (SSSR count). The minimum Gasteiger partial charge on any atom is -0.497 e. The molecule has 4 heteroatoms. The zero-order valence-electron chi connectivity index (χ0n) is 11.7. The molecule has 0 bridgehead atoms. The van der Waals surface area contributed by atoms with Crippen LogP contribution in [-0.2, 0) is 0 Å². The quantitative estimate of drug-likeness (QED) is 0.584. The van der Waals surface area contributed by atoms with E-state index in [1.165, 1.54) is 0 Å². The summed E-state index contributed by atoms with van der Waals surface area (Å²) >= 11 is 0. The van der Waals surface area contributed by atoms with Crippen molar-refractivity contribution < 1.29 is 4.74 Å². The monoisotopic (exact) mass is 277 g/mol. The Morgan fingerprint density at radius 3 is 2.76 bits per heavy atom. The number of ether oxygens (including phenoxy) is 1. The van der Waals surface area contributed by atoms with Gasteiger partial charge in [-0.15, -0.1) is 0 Å². The maximum absolute atomic E-state index is 5.26. The van der Waals surface area contributed by atoms with Gasteiger partial charge < -0.3 is 4.74 Å². The average molecular weight is 277 g/mol. The smallest absolute Gasteiger partial charge is 0.119 e. The number of hydrogen-bond donors (Lipinski definition) is 1. The summed E-state index contributed by atoms with van der Waals surface area (Å²) < 4.78 is 5.26. The Morgan fingerprint density at radius 1 is 1.10 bits per heavy atom. The highest BCUT2D eigenvalue weighted by Crippen LogP contribution is 2.25. The molecule has 0 atom stereocenters. The number of hydrogen-bond acceptors (Lipinski definition) is 4. The zero-order chi connectivity index (χ0) is 14.5. The molecule has 0 saturated carbocycles. The molecule has 104 valence electrons. The van der Waals surface area contributed by atoms with Crippen molar-refractivity contribution in [3.63, 3.8) is 0 Å². The van der Waals surface area contributed by atoms with Gasteiger partial charge in [-0.1, -0.05) is 30.3 Å². The van der Waals surface area contributed by atoms with Crippen LogP contribution in [0.1, 0.15) is 5.56 Å². The first-order chi connectivity index (χ1) is 10.4. The van der Waals surface area contributed by atoms with E-state index in [-0.39, 0.29) is 0 Å². The molecule has 4 nitrogen and oxygen atoms in total. The molecule has 2 aromatic carbocycles. The lowest BCUT2D eigenvalue weighted by Gasteiger charge is -2.07. The van der Waals surface area contributed by atoms with Gasteiger partial charge in [0.05, 0.1) is 24.5 Å². The second-order valence-corrected chi connectivity index (χ2v) is 4.52. The topological polar surface area (TPSA) is 46.5 Å². The summed E-state index contributed by atoms with van der Waals surface area (Å²) in [6.45, 7) is 0. The van der Waals surface area contributed by atoms with Gasteiger partial charge >= 0.3 is 0 Å². The lowest BCUT2D eigenvalue weighted by Crippen LogP contribution is -1.93. The van der Waals surface area contributed by atoms with E-state index in [1.54, 1.807) is 19.5 Å². The van der Waals surface area contributed by atoms with Crippen molar-refractivity contribution in [1.82, 2.24) is 4.98 Å². The molecular formula is C17H15N3O. The van der Waals surface area contributed by atoms with Crippen LogP contribution < -0.4 is 10.2 Å². The van der Waals surface area contributed by atoms with Gasteiger partial charge in [0.25, 0.3) is 0 Å². The first kappa shape index (κ1) is 13.1. The van der Waals surface area contributed by atoms with Crippen molar-refractivity contribution in [1.29, 1.82) is 0 Å². The summed E-state index contributed by atoms with van der Waals surface area (Å²) in [7, 11) is 1.65. The number of rotatable bonds is 4. The zero-order valence-corrected chi connectivity index (χ0v) is 11.7. The Labute approximate surface area is 123 Å². The van der Waals surface area contributed by atoms with Crippen LogP contribution >= 0.6 is 0 Å². The molecule has 0 fully saturated rings. The SMILES string of the molecule is COc1ccc2nccc(N/N=C/c3ccccc3)c2c1. The third kappa shape index (κ3) is 3.00. The summed E-state index contributed by atoms with van der Waals surface area (Å²) in [6.07, 6.45) is 3.54. The number of aromatic nitrogens is 1. The van der Waals surface area contributed by atoms with E-state index in [4.69, 9.17) is 4.74 Å². The Bertz CT molecular complexity index is 769. The van der Waals surface area contributed by atoms with Gasteiger partial charge in [-0.05, 0) is 29.8 Å². The van der Waals surface area contributed by atoms with E-state index >= 15 is 0 Å². The number of benzene rings is 2. The number of nitrogens with one attached hydrogen (secondary N) is 1. The van der Waals surface area contributed by atoms with Gasteiger partial charge in [-0.3, -0.25) is 10.4 Å². The molecule has 3 aromatic rings. The first-order valence-electron chi connectivity index (χ1n) is 6.64. The molecule has 0 radical (unpaired) electrons. The summed E-state index contributed by atoms with van der Waals surface area (Å²) in [5, 5.41) is 5.25. The Hall–Kier alpha value is -2.88. The fourth-order valence-corrected chi connectivity index (χ4v) is 2.07. The van der Waals surface area contributed by atoms with Gasteiger partial charge in [-0.2, -0.15) is 5.10 Å². The highest BCUT2D eigenvalue weighted by Gasteiger charge is 2.02. The fraction of sp³-hybridized carbons (Fsp3) is 0.0588. The number of hydrazone groups is 1. The third-order valence-electron chi connectivity index (χ3n) is 3.15. The Kier molecular flexibility index (Phi) is 3.78. The average Bonchev–Trinajstić information content (AvgIpc) is 2.55. The molecule has 1 N–H and O–H groups in total. The van der Waals surface area contributed by atoms with Crippen molar-refractivity contribution in [3.05, 3.63) is 66.4 Å². The van der Waals surface area contributed by atoms with Crippen molar-refractivity contribution in [2.75, 3.05) is 12.5 Å². The van der Waals surface area contributed by atoms with E-state index in [2.05, 4.69) is 15.5 Å². The largest absolute Gasteiger partial charge is 0.497 e. The number of anilines is 1. The van der Waals surface area contributed by atoms with Crippen molar-refractivity contribution in [2.24, 2.45) is 5.10 Å². The molecule has 1 heterocycles. The molecule has 0 aliphatic heterocycles. The van der Waals surface area contributed by atoms with Crippen LogP contribution in [-0.4, -0.2) is 18.3 Å². The van der Waals surface area contributed by atoms with Crippen LogP contribution in [0, 0.1) is 0 Å². The molecule has 0 spiro atoms. The highest BCUT2D eigenvalue weighted by atomic mass is 16.5.